The Kier molecular flexibility index (Phi) is 5.43. The number of pyridine rings is 1. The number of aliphatic hydroxyl groups is 1. The molecule has 0 spiro atoms. The van der Waals surface area contributed by atoms with E-state index in [1.165, 1.54) is 0 Å². The minimum atomic E-state index is -0.268. The number of amides is 1. The zero-order chi connectivity index (χ0) is 14.5. The van der Waals surface area contributed by atoms with Crippen molar-refractivity contribution in [1.29, 1.82) is 0 Å². The van der Waals surface area contributed by atoms with Crippen molar-refractivity contribution < 1.29 is 9.90 Å². The molecule has 0 radical (unpaired) electrons. The number of hydrogen-bond donors (Lipinski definition) is 1. The molecule has 1 saturated carbocycles. The molecule has 1 fully saturated rings. The van der Waals surface area contributed by atoms with E-state index in [9.17, 15) is 9.90 Å². The molecule has 110 valence electrons. The summed E-state index contributed by atoms with van der Waals surface area (Å²) >= 11 is 1.56. The molecule has 1 heterocycles. The van der Waals surface area contributed by atoms with Gasteiger partial charge in [0.25, 0.3) is 5.91 Å². The van der Waals surface area contributed by atoms with Crippen LogP contribution < -0.4 is 0 Å². The van der Waals surface area contributed by atoms with Gasteiger partial charge in [0.15, 0.2) is 0 Å². The monoisotopic (exact) mass is 294 g/mol. The van der Waals surface area contributed by atoms with Crippen molar-refractivity contribution in [2.45, 2.75) is 36.8 Å². The van der Waals surface area contributed by atoms with Gasteiger partial charge in [0.2, 0.25) is 0 Å². The molecule has 20 heavy (non-hydrogen) atoms. The predicted molar refractivity (Wildman–Crippen MR) is 80.9 cm³/mol. The molecular formula is C15H22N2O2S. The quantitative estimate of drug-likeness (QED) is 0.867. The van der Waals surface area contributed by atoms with E-state index in [1.807, 2.05) is 18.4 Å². The average Bonchev–Trinajstić information content (AvgIpc) is 2.49. The highest BCUT2D eigenvalue weighted by Crippen LogP contribution is 2.25. The number of rotatable bonds is 4. The molecule has 1 aromatic heterocycles. The van der Waals surface area contributed by atoms with Crippen LogP contribution in [0.3, 0.4) is 0 Å². The molecule has 2 rings (SSSR count). The smallest absolute Gasteiger partial charge is 0.255 e. The van der Waals surface area contributed by atoms with E-state index < -0.39 is 0 Å². The molecule has 4 nitrogen and oxygen atoms in total. The first-order valence-electron chi connectivity index (χ1n) is 7.05. The summed E-state index contributed by atoms with van der Waals surface area (Å²) in [6.45, 7) is 0.615. The van der Waals surface area contributed by atoms with E-state index in [2.05, 4.69) is 4.98 Å². The van der Waals surface area contributed by atoms with Gasteiger partial charge in [-0.2, -0.15) is 0 Å². The lowest BCUT2D eigenvalue weighted by molar-refractivity contribution is 0.0451. The van der Waals surface area contributed by atoms with E-state index in [1.54, 1.807) is 29.9 Å². The number of carbonyl (C=O) groups excluding carboxylic acids is 1. The van der Waals surface area contributed by atoms with Crippen LogP contribution in [0.15, 0.2) is 23.4 Å². The molecule has 1 N–H and O–H groups in total. The van der Waals surface area contributed by atoms with Crippen molar-refractivity contribution in [3.05, 3.63) is 23.9 Å². The Morgan fingerprint density at radius 2 is 2.20 bits per heavy atom. The predicted octanol–water partition coefficient (Wildman–Crippen LogP) is 2.43. The molecule has 2 unspecified atom stereocenters. The summed E-state index contributed by atoms with van der Waals surface area (Å²) in [5.41, 5.74) is 0.607. The molecule has 2 atom stereocenters. The Morgan fingerprint density at radius 3 is 2.80 bits per heavy atom. The third kappa shape index (κ3) is 3.73. The number of nitrogens with zero attached hydrogens (tertiary/aromatic N) is 2. The maximum atomic E-state index is 12.3. The van der Waals surface area contributed by atoms with E-state index in [-0.39, 0.29) is 17.9 Å². The van der Waals surface area contributed by atoms with E-state index in [4.69, 9.17) is 0 Å². The number of carbonyl (C=O) groups is 1. The fourth-order valence-corrected chi connectivity index (χ4v) is 3.05. The number of aliphatic hydroxyl groups excluding tert-OH is 1. The van der Waals surface area contributed by atoms with Gasteiger partial charge in [-0.15, -0.1) is 11.8 Å². The molecular weight excluding hydrogens is 272 g/mol. The lowest BCUT2D eigenvalue weighted by Gasteiger charge is -2.31. The first kappa shape index (κ1) is 15.3. The summed E-state index contributed by atoms with van der Waals surface area (Å²) in [6.07, 6.45) is 7.42. The summed E-state index contributed by atoms with van der Waals surface area (Å²) in [6, 6.07) is 3.68. The van der Waals surface area contributed by atoms with Gasteiger partial charge in [-0.3, -0.25) is 4.79 Å². The maximum Gasteiger partial charge on any atom is 0.255 e. The van der Waals surface area contributed by atoms with Crippen LogP contribution in [-0.2, 0) is 0 Å². The minimum Gasteiger partial charge on any atom is -0.393 e. The summed E-state index contributed by atoms with van der Waals surface area (Å²) in [7, 11) is 1.80. The van der Waals surface area contributed by atoms with E-state index >= 15 is 0 Å². The Hall–Kier alpha value is -1.07. The molecule has 0 aliphatic heterocycles. The second-order valence-electron chi connectivity index (χ2n) is 5.39. The van der Waals surface area contributed by atoms with Gasteiger partial charge in [0.1, 0.15) is 0 Å². The molecule has 1 aromatic rings. The molecule has 1 aliphatic rings. The molecule has 0 aromatic carbocycles. The zero-order valence-corrected chi connectivity index (χ0v) is 12.9. The van der Waals surface area contributed by atoms with Crippen LogP contribution in [-0.4, -0.2) is 46.8 Å². The first-order chi connectivity index (χ1) is 9.61. The van der Waals surface area contributed by atoms with Gasteiger partial charge in [0, 0.05) is 25.7 Å². The molecule has 1 aliphatic carbocycles. The number of aromatic nitrogens is 1. The third-order valence-electron chi connectivity index (χ3n) is 3.92. The number of hydrogen-bond acceptors (Lipinski definition) is 4. The Balaban J connectivity index is 1.96. The van der Waals surface area contributed by atoms with Crippen molar-refractivity contribution in [1.82, 2.24) is 9.88 Å². The summed E-state index contributed by atoms with van der Waals surface area (Å²) in [5.74, 6) is 0.180. The fourth-order valence-electron chi connectivity index (χ4n) is 2.68. The van der Waals surface area contributed by atoms with Crippen LogP contribution in [0, 0.1) is 5.92 Å². The van der Waals surface area contributed by atoms with Crippen LogP contribution in [0.2, 0.25) is 0 Å². The largest absolute Gasteiger partial charge is 0.393 e. The number of thioether (sulfide) groups is 1. The van der Waals surface area contributed by atoms with E-state index in [0.29, 0.717) is 12.1 Å². The van der Waals surface area contributed by atoms with Gasteiger partial charge in [-0.05, 0) is 31.2 Å². The second kappa shape index (κ2) is 7.09. The summed E-state index contributed by atoms with van der Waals surface area (Å²) < 4.78 is 0. The lowest BCUT2D eigenvalue weighted by atomic mass is 9.86. The Bertz CT molecular complexity index is 450. The molecule has 0 bridgehead atoms. The Morgan fingerprint density at radius 1 is 1.45 bits per heavy atom. The van der Waals surface area contributed by atoms with Crippen LogP contribution in [0.25, 0.3) is 0 Å². The summed E-state index contributed by atoms with van der Waals surface area (Å²) in [4.78, 5) is 18.3. The molecule has 1 amide bonds. The summed E-state index contributed by atoms with van der Waals surface area (Å²) in [5, 5.41) is 10.9. The van der Waals surface area contributed by atoms with Crippen molar-refractivity contribution in [2.75, 3.05) is 19.8 Å². The van der Waals surface area contributed by atoms with Gasteiger partial charge < -0.3 is 10.0 Å². The van der Waals surface area contributed by atoms with Crippen LogP contribution in [0.4, 0.5) is 0 Å². The van der Waals surface area contributed by atoms with Crippen molar-refractivity contribution >= 4 is 17.7 Å². The highest BCUT2D eigenvalue weighted by Gasteiger charge is 2.25. The first-order valence-corrected chi connectivity index (χ1v) is 8.28. The van der Waals surface area contributed by atoms with Crippen LogP contribution in [0.1, 0.15) is 36.0 Å². The Labute approximate surface area is 124 Å². The standard InChI is InChI=1S/C15H22N2O2S/c1-17(10-12-5-3-4-6-13(12)18)15(19)11-7-8-14(20-2)16-9-11/h7-9,12-13,18H,3-6,10H2,1-2H3. The van der Waals surface area contributed by atoms with Gasteiger partial charge in [0.05, 0.1) is 16.7 Å². The lowest BCUT2D eigenvalue weighted by Crippen LogP contribution is -2.38. The molecule has 5 heteroatoms. The third-order valence-corrected chi connectivity index (χ3v) is 4.58. The van der Waals surface area contributed by atoms with Crippen molar-refractivity contribution in [2.24, 2.45) is 5.92 Å². The average molecular weight is 294 g/mol. The van der Waals surface area contributed by atoms with Crippen molar-refractivity contribution in [3.63, 3.8) is 0 Å². The topological polar surface area (TPSA) is 53.4 Å². The fraction of sp³-hybridized carbons (Fsp3) is 0.600. The zero-order valence-electron chi connectivity index (χ0n) is 12.1. The van der Waals surface area contributed by atoms with Gasteiger partial charge >= 0.3 is 0 Å². The normalized spacial score (nSPS) is 22.6. The van der Waals surface area contributed by atoms with Crippen LogP contribution >= 0.6 is 11.8 Å². The highest BCUT2D eigenvalue weighted by molar-refractivity contribution is 7.98. The minimum absolute atomic E-state index is 0.0251. The van der Waals surface area contributed by atoms with Crippen LogP contribution in [0.5, 0.6) is 0 Å². The molecule has 0 saturated heterocycles. The highest BCUT2D eigenvalue weighted by atomic mass is 32.2. The second-order valence-corrected chi connectivity index (χ2v) is 6.21. The maximum absolute atomic E-state index is 12.3. The van der Waals surface area contributed by atoms with Gasteiger partial charge in [-0.1, -0.05) is 12.8 Å². The van der Waals surface area contributed by atoms with E-state index in [0.717, 1.165) is 30.7 Å². The SMILES string of the molecule is CSc1ccc(C(=O)N(C)CC2CCCCC2O)cn1. The van der Waals surface area contributed by atoms with Crippen molar-refractivity contribution in [3.8, 4) is 0 Å². The van der Waals surface area contributed by atoms with Gasteiger partial charge in [-0.25, -0.2) is 4.98 Å².